The lowest BCUT2D eigenvalue weighted by atomic mass is 9.64. The third-order valence-electron chi connectivity index (χ3n) is 8.58. The van der Waals surface area contributed by atoms with Crippen LogP contribution in [-0.4, -0.2) is 36.5 Å². The molecule has 0 bridgehead atoms. The summed E-state index contributed by atoms with van der Waals surface area (Å²) in [6, 6.07) is 25.4. The molecule has 0 aromatic heterocycles. The number of anilines is 1. The van der Waals surface area contributed by atoms with Crippen molar-refractivity contribution in [3.63, 3.8) is 0 Å². The number of rotatable bonds is 4. The van der Waals surface area contributed by atoms with Crippen molar-refractivity contribution in [3.8, 4) is 5.75 Å². The Morgan fingerprint density at radius 2 is 1.52 bits per heavy atom. The Balaban J connectivity index is 1.56. The average Bonchev–Trinajstić information content (AvgIpc) is 3.43. The summed E-state index contributed by atoms with van der Waals surface area (Å²) in [7, 11) is 1.52. The summed E-state index contributed by atoms with van der Waals surface area (Å²) in [4.78, 5) is 45.6. The summed E-state index contributed by atoms with van der Waals surface area (Å²) in [5.74, 6) is -2.26. The summed E-state index contributed by atoms with van der Waals surface area (Å²) < 4.78 is 21.2. The van der Waals surface area contributed by atoms with E-state index in [2.05, 4.69) is 0 Å². The molecule has 1 unspecified atom stereocenters. The van der Waals surface area contributed by atoms with Gasteiger partial charge in [0.15, 0.2) is 17.3 Å². The predicted octanol–water partition coefficient (Wildman–Crippen LogP) is 6.15. The van der Waals surface area contributed by atoms with Crippen molar-refractivity contribution in [1.82, 2.24) is 0 Å². The van der Waals surface area contributed by atoms with Crippen LogP contribution >= 0.6 is 0 Å². The van der Waals surface area contributed by atoms with E-state index >= 15 is 4.39 Å². The van der Waals surface area contributed by atoms with Crippen molar-refractivity contribution in [3.05, 3.63) is 137 Å². The summed E-state index contributed by atoms with van der Waals surface area (Å²) in [5, 5.41) is 0. The second-order valence-corrected chi connectivity index (χ2v) is 10.4. The van der Waals surface area contributed by atoms with Crippen LogP contribution < -0.4 is 9.64 Å². The summed E-state index contributed by atoms with van der Waals surface area (Å²) in [6.07, 6.45) is 3.72. The lowest BCUT2D eigenvalue weighted by molar-refractivity contribution is 0.0664. The number of carbonyl (C=O) groups is 3. The third-order valence-corrected chi connectivity index (χ3v) is 8.58. The number of benzene rings is 4. The minimum atomic E-state index is -1.74. The second-order valence-electron chi connectivity index (χ2n) is 10.4. The fourth-order valence-electron chi connectivity index (χ4n) is 6.94. The highest BCUT2D eigenvalue weighted by Crippen LogP contribution is 2.61. The number of methoxy groups -OCH3 is 1. The molecule has 0 saturated carbocycles. The molecule has 2 aliphatic heterocycles. The van der Waals surface area contributed by atoms with Crippen LogP contribution in [0.2, 0.25) is 0 Å². The molecule has 4 aromatic carbocycles. The molecule has 40 heavy (non-hydrogen) atoms. The lowest BCUT2D eigenvalue weighted by Gasteiger charge is -2.37. The van der Waals surface area contributed by atoms with Gasteiger partial charge >= 0.3 is 0 Å². The van der Waals surface area contributed by atoms with Gasteiger partial charge in [0.2, 0.25) is 0 Å². The summed E-state index contributed by atoms with van der Waals surface area (Å²) in [5.41, 5.74) is 0.941. The van der Waals surface area contributed by atoms with E-state index < -0.39 is 29.2 Å². The highest BCUT2D eigenvalue weighted by molar-refractivity contribution is 6.32. The maximum atomic E-state index is 15.8. The van der Waals surface area contributed by atoms with Gasteiger partial charge in [-0.1, -0.05) is 84.9 Å². The molecule has 196 valence electrons. The maximum absolute atomic E-state index is 15.8. The Kier molecular flexibility index (Phi) is 5.36. The van der Waals surface area contributed by atoms with E-state index in [0.717, 1.165) is 5.56 Å². The van der Waals surface area contributed by atoms with Gasteiger partial charge in [-0.15, -0.1) is 0 Å². The first-order valence-electron chi connectivity index (χ1n) is 13.2. The van der Waals surface area contributed by atoms with E-state index in [1.165, 1.54) is 13.2 Å². The minimum absolute atomic E-state index is 0.165. The molecule has 7 rings (SSSR count). The standard InChI is InChI=1S/C34H24FNO4/c1-40-22-11-8-10-21(19-22)31(37)30-29(25-14-5-6-15-26(25)35)34(32(38)23-12-3-4-13-24(23)33(34)39)28-18-17-20-9-2-7-16-27(20)36(28)30/h2-19,28-30H,1H3/t28?,29-,30+/m0/s1. The molecule has 1 saturated heterocycles. The molecule has 4 aromatic rings. The highest BCUT2D eigenvalue weighted by atomic mass is 19.1. The largest absolute Gasteiger partial charge is 0.497 e. The van der Waals surface area contributed by atoms with E-state index in [1.807, 2.05) is 41.3 Å². The van der Waals surface area contributed by atoms with Gasteiger partial charge in [0, 0.05) is 28.3 Å². The quantitative estimate of drug-likeness (QED) is 0.234. The van der Waals surface area contributed by atoms with Crippen LogP contribution in [-0.2, 0) is 0 Å². The number of halogens is 1. The minimum Gasteiger partial charge on any atom is -0.497 e. The number of ether oxygens (including phenoxy) is 1. The monoisotopic (exact) mass is 529 g/mol. The van der Waals surface area contributed by atoms with Crippen LogP contribution in [0.4, 0.5) is 10.1 Å². The van der Waals surface area contributed by atoms with Crippen LogP contribution in [0, 0.1) is 11.2 Å². The molecule has 1 aliphatic carbocycles. The average molecular weight is 530 g/mol. The normalized spacial score (nSPS) is 21.8. The van der Waals surface area contributed by atoms with Crippen molar-refractivity contribution >= 4 is 29.1 Å². The fraction of sp³-hybridized carbons (Fsp3) is 0.147. The van der Waals surface area contributed by atoms with E-state index in [1.54, 1.807) is 66.7 Å². The number of Topliss-reactive ketones (excluding diaryl/α,β-unsaturated/α-hetero) is 3. The maximum Gasteiger partial charge on any atom is 0.186 e. The van der Waals surface area contributed by atoms with Crippen molar-refractivity contribution < 1.29 is 23.5 Å². The van der Waals surface area contributed by atoms with Crippen molar-refractivity contribution in [2.24, 2.45) is 5.41 Å². The van der Waals surface area contributed by atoms with E-state index in [0.29, 0.717) is 28.1 Å². The number of hydrogen-bond donors (Lipinski definition) is 0. The number of carbonyl (C=O) groups excluding carboxylic acids is 3. The third kappa shape index (κ3) is 3.10. The van der Waals surface area contributed by atoms with E-state index in [9.17, 15) is 14.4 Å². The van der Waals surface area contributed by atoms with E-state index in [4.69, 9.17) is 4.74 Å². The molecule has 1 spiro atoms. The second kappa shape index (κ2) is 8.85. The Hall–Kier alpha value is -4.84. The first-order valence-corrected chi connectivity index (χ1v) is 13.2. The van der Waals surface area contributed by atoms with Crippen LogP contribution in [0.1, 0.15) is 48.1 Å². The van der Waals surface area contributed by atoms with E-state index in [-0.39, 0.29) is 22.9 Å². The van der Waals surface area contributed by atoms with Gasteiger partial charge in [-0.2, -0.15) is 0 Å². The van der Waals surface area contributed by atoms with Gasteiger partial charge in [0.1, 0.15) is 23.0 Å². The molecule has 2 heterocycles. The highest BCUT2D eigenvalue weighted by Gasteiger charge is 2.71. The molecule has 5 nitrogen and oxygen atoms in total. The fourth-order valence-corrected chi connectivity index (χ4v) is 6.94. The first-order chi connectivity index (χ1) is 19.5. The van der Waals surface area contributed by atoms with Crippen LogP contribution in [0.5, 0.6) is 5.75 Å². The number of fused-ring (bicyclic) bond motifs is 5. The van der Waals surface area contributed by atoms with Gasteiger partial charge in [0.05, 0.1) is 13.2 Å². The molecule has 3 atom stereocenters. The van der Waals surface area contributed by atoms with Gasteiger partial charge in [-0.25, -0.2) is 4.39 Å². The number of hydrogen-bond acceptors (Lipinski definition) is 5. The Morgan fingerprint density at radius 1 is 0.850 bits per heavy atom. The van der Waals surface area contributed by atoms with Crippen molar-refractivity contribution in [2.45, 2.75) is 18.0 Å². The molecular formula is C34H24FNO4. The van der Waals surface area contributed by atoms with Crippen LogP contribution in [0.25, 0.3) is 6.08 Å². The van der Waals surface area contributed by atoms with Crippen LogP contribution in [0.15, 0.2) is 103 Å². The predicted molar refractivity (Wildman–Crippen MR) is 150 cm³/mol. The summed E-state index contributed by atoms with van der Waals surface area (Å²) in [6.45, 7) is 0. The van der Waals surface area contributed by atoms with Gasteiger partial charge < -0.3 is 9.64 Å². The lowest BCUT2D eigenvalue weighted by Crippen LogP contribution is -2.48. The van der Waals surface area contributed by atoms with Crippen LogP contribution in [0.3, 0.4) is 0 Å². The zero-order chi connectivity index (χ0) is 27.6. The zero-order valence-electron chi connectivity index (χ0n) is 21.6. The summed E-state index contributed by atoms with van der Waals surface area (Å²) >= 11 is 0. The Labute approximate surface area is 230 Å². The van der Waals surface area contributed by atoms with Gasteiger partial charge in [-0.05, 0) is 35.4 Å². The number of ketones is 3. The van der Waals surface area contributed by atoms with Gasteiger partial charge in [0.25, 0.3) is 0 Å². The van der Waals surface area contributed by atoms with Crippen molar-refractivity contribution in [1.29, 1.82) is 0 Å². The SMILES string of the molecule is COc1cccc(C(=O)[C@H]2[C@H](c3ccccc3F)C3(C(=O)c4ccccc4C3=O)C3C=Cc4ccccc4N32)c1. The number of nitrogens with zero attached hydrogens (tertiary/aromatic N) is 1. The zero-order valence-corrected chi connectivity index (χ0v) is 21.6. The van der Waals surface area contributed by atoms with Gasteiger partial charge in [-0.3, -0.25) is 14.4 Å². The molecule has 3 aliphatic rings. The molecular weight excluding hydrogens is 505 g/mol. The molecule has 0 N–H and O–H groups in total. The molecule has 0 radical (unpaired) electrons. The molecule has 0 amide bonds. The Morgan fingerprint density at radius 3 is 2.25 bits per heavy atom. The molecule has 1 fully saturated rings. The molecule has 6 heteroatoms. The smallest absolute Gasteiger partial charge is 0.186 e. The first kappa shape index (κ1) is 24.2. The Bertz CT molecular complexity index is 1720. The van der Waals surface area contributed by atoms with Crippen molar-refractivity contribution in [2.75, 3.05) is 12.0 Å². The number of para-hydroxylation sites is 1. The topological polar surface area (TPSA) is 63.7 Å².